The maximum absolute atomic E-state index is 6.09. The van der Waals surface area contributed by atoms with Gasteiger partial charge in [-0.3, -0.25) is 5.10 Å². The van der Waals surface area contributed by atoms with Crippen LogP contribution in [0.5, 0.6) is 5.75 Å². The Morgan fingerprint density at radius 1 is 1.22 bits per heavy atom. The third kappa shape index (κ3) is 3.57. The number of hydrogen-bond donors (Lipinski definition) is 3. The molecule has 32 heavy (non-hydrogen) atoms. The molecule has 9 nitrogen and oxygen atoms in total. The van der Waals surface area contributed by atoms with Gasteiger partial charge in [-0.25, -0.2) is 9.97 Å². The second-order valence-electron chi connectivity index (χ2n) is 8.62. The van der Waals surface area contributed by atoms with Crippen LogP contribution < -0.4 is 10.1 Å². The predicted molar refractivity (Wildman–Crippen MR) is 123 cm³/mol. The smallest absolute Gasteiger partial charge is 0.145 e. The molecule has 3 N–H and O–H groups in total. The van der Waals surface area contributed by atoms with Gasteiger partial charge in [0.1, 0.15) is 23.5 Å². The molecule has 0 unspecified atom stereocenters. The van der Waals surface area contributed by atoms with Gasteiger partial charge in [0.2, 0.25) is 0 Å². The second kappa shape index (κ2) is 8.07. The third-order valence-electron chi connectivity index (χ3n) is 6.11. The third-order valence-corrected chi connectivity index (χ3v) is 6.11. The van der Waals surface area contributed by atoms with Crippen molar-refractivity contribution in [3.63, 3.8) is 0 Å². The Morgan fingerprint density at radius 2 is 2.09 bits per heavy atom. The van der Waals surface area contributed by atoms with E-state index in [2.05, 4.69) is 30.5 Å². The van der Waals surface area contributed by atoms with Crippen molar-refractivity contribution in [3.8, 4) is 5.75 Å². The molecule has 3 aromatic heterocycles. The summed E-state index contributed by atoms with van der Waals surface area (Å²) in [6.45, 7) is 4.55. The van der Waals surface area contributed by atoms with E-state index in [0.717, 1.165) is 58.5 Å². The van der Waals surface area contributed by atoms with Crippen molar-refractivity contribution in [2.75, 3.05) is 26.1 Å². The molecule has 0 saturated carbocycles. The molecular weight excluding hydrogens is 408 g/mol. The highest BCUT2D eigenvalue weighted by atomic mass is 16.5. The molecule has 5 rings (SSSR count). The fourth-order valence-electron chi connectivity index (χ4n) is 4.57. The number of ether oxygens (including phenoxy) is 3. The molecular formula is C23H28N6O3. The zero-order chi connectivity index (χ0) is 22.3. The average Bonchev–Trinajstić information content (AvgIpc) is 3.37. The van der Waals surface area contributed by atoms with Crippen molar-refractivity contribution in [2.24, 2.45) is 0 Å². The lowest BCUT2D eigenvalue weighted by Crippen LogP contribution is -2.42. The first kappa shape index (κ1) is 20.7. The molecule has 0 spiro atoms. The lowest BCUT2D eigenvalue weighted by molar-refractivity contribution is -0.0721. The number of H-pyrrole nitrogens is 2. The Balaban J connectivity index is 1.60. The number of benzene rings is 1. The molecule has 0 fully saturated rings. The molecule has 1 atom stereocenters. The van der Waals surface area contributed by atoms with Gasteiger partial charge in [-0.1, -0.05) is 0 Å². The minimum Gasteiger partial charge on any atom is -0.489 e. The first-order chi connectivity index (χ1) is 15.5. The second-order valence-corrected chi connectivity index (χ2v) is 8.62. The number of nitrogens with one attached hydrogen (secondary N) is 3. The van der Waals surface area contributed by atoms with Gasteiger partial charge in [0.25, 0.3) is 0 Å². The van der Waals surface area contributed by atoms with E-state index in [9.17, 15) is 0 Å². The van der Waals surface area contributed by atoms with Crippen LogP contribution in [-0.2, 0) is 22.3 Å². The average molecular weight is 437 g/mol. The van der Waals surface area contributed by atoms with E-state index in [-0.39, 0.29) is 11.7 Å². The standard InChI is InChI=1S/C23H28N6O3/c1-13(2)32-19-8-17-14(10-26-29-17)7-18(19)28-22-20-15-9-23(31-4,11-30-3)6-5-16(15)27-21(20)24-12-25-22/h7-8,10,12-13H,5-6,9,11H2,1-4H3,(H,26,29)(H2,24,25,27,28)/t23-/m0/s1. The first-order valence-electron chi connectivity index (χ1n) is 10.8. The van der Waals surface area contributed by atoms with Crippen LogP contribution in [0.1, 0.15) is 31.5 Å². The monoisotopic (exact) mass is 436 g/mol. The van der Waals surface area contributed by atoms with E-state index in [1.165, 1.54) is 11.3 Å². The van der Waals surface area contributed by atoms with Crippen molar-refractivity contribution < 1.29 is 14.2 Å². The van der Waals surface area contributed by atoms with Gasteiger partial charge in [0.15, 0.2) is 0 Å². The summed E-state index contributed by atoms with van der Waals surface area (Å²) in [6.07, 6.45) is 5.88. The van der Waals surface area contributed by atoms with Crippen molar-refractivity contribution >= 4 is 33.4 Å². The van der Waals surface area contributed by atoms with Crippen LogP contribution in [-0.4, -0.2) is 57.7 Å². The number of methoxy groups -OCH3 is 2. The fourth-order valence-corrected chi connectivity index (χ4v) is 4.57. The number of anilines is 2. The van der Waals surface area contributed by atoms with Crippen LogP contribution in [0.25, 0.3) is 21.9 Å². The van der Waals surface area contributed by atoms with E-state index in [0.29, 0.717) is 6.61 Å². The first-order valence-corrected chi connectivity index (χ1v) is 10.8. The summed E-state index contributed by atoms with van der Waals surface area (Å²) in [5, 5.41) is 12.6. The summed E-state index contributed by atoms with van der Waals surface area (Å²) < 4.78 is 17.5. The number of rotatable bonds is 7. The Hall–Kier alpha value is -3.17. The molecule has 0 bridgehead atoms. The van der Waals surface area contributed by atoms with Crippen LogP contribution >= 0.6 is 0 Å². The van der Waals surface area contributed by atoms with Crippen LogP contribution in [0.3, 0.4) is 0 Å². The number of aromatic amines is 2. The van der Waals surface area contributed by atoms with E-state index in [4.69, 9.17) is 14.2 Å². The molecule has 0 aliphatic heterocycles. The molecule has 0 radical (unpaired) electrons. The summed E-state index contributed by atoms with van der Waals surface area (Å²) in [4.78, 5) is 12.6. The van der Waals surface area contributed by atoms with Crippen molar-refractivity contribution in [1.82, 2.24) is 25.1 Å². The summed E-state index contributed by atoms with van der Waals surface area (Å²) in [5.74, 6) is 1.46. The summed E-state index contributed by atoms with van der Waals surface area (Å²) in [5.41, 5.74) is 4.55. The molecule has 1 aromatic carbocycles. The van der Waals surface area contributed by atoms with Gasteiger partial charge in [0, 0.05) is 37.8 Å². The summed E-state index contributed by atoms with van der Waals surface area (Å²) in [7, 11) is 3.47. The molecule has 1 aliphatic rings. The van der Waals surface area contributed by atoms with Crippen LogP contribution in [0.4, 0.5) is 11.5 Å². The molecule has 9 heteroatoms. The molecule has 0 amide bonds. The SMILES string of the molecule is COC[C@]1(OC)CCc2[nH]c3ncnc(Nc4cc5cn[nH]c5cc4OC(C)C)c3c2C1. The lowest BCUT2D eigenvalue weighted by Gasteiger charge is -2.35. The molecule has 168 valence electrons. The lowest BCUT2D eigenvalue weighted by atomic mass is 9.83. The van der Waals surface area contributed by atoms with E-state index >= 15 is 0 Å². The van der Waals surface area contributed by atoms with Gasteiger partial charge >= 0.3 is 0 Å². The van der Waals surface area contributed by atoms with E-state index in [1.54, 1.807) is 26.7 Å². The van der Waals surface area contributed by atoms with E-state index < -0.39 is 0 Å². The fraction of sp³-hybridized carbons (Fsp3) is 0.435. The van der Waals surface area contributed by atoms with Crippen molar-refractivity contribution in [3.05, 3.63) is 35.9 Å². The van der Waals surface area contributed by atoms with Crippen LogP contribution in [0, 0.1) is 0 Å². The van der Waals surface area contributed by atoms with Crippen molar-refractivity contribution in [2.45, 2.75) is 44.8 Å². The maximum Gasteiger partial charge on any atom is 0.145 e. The molecule has 4 aromatic rings. The largest absolute Gasteiger partial charge is 0.489 e. The number of fused-ring (bicyclic) bond motifs is 4. The number of aryl methyl sites for hydroxylation is 1. The highest BCUT2D eigenvalue weighted by molar-refractivity contribution is 5.95. The highest BCUT2D eigenvalue weighted by Crippen LogP contribution is 2.39. The Morgan fingerprint density at radius 3 is 2.88 bits per heavy atom. The van der Waals surface area contributed by atoms with E-state index in [1.807, 2.05) is 26.0 Å². The quantitative estimate of drug-likeness (QED) is 0.403. The van der Waals surface area contributed by atoms with Crippen molar-refractivity contribution in [1.29, 1.82) is 0 Å². The maximum atomic E-state index is 6.09. The molecule has 0 saturated heterocycles. The van der Waals surface area contributed by atoms with Gasteiger partial charge in [-0.2, -0.15) is 5.10 Å². The minimum absolute atomic E-state index is 0.0257. The molecule has 3 heterocycles. The topological polar surface area (TPSA) is 110 Å². The normalized spacial score (nSPS) is 18.4. The summed E-state index contributed by atoms with van der Waals surface area (Å²) in [6, 6.07) is 3.98. The Kier molecular flexibility index (Phi) is 5.22. The number of aromatic nitrogens is 5. The zero-order valence-electron chi connectivity index (χ0n) is 18.8. The van der Waals surface area contributed by atoms with Gasteiger partial charge < -0.3 is 24.5 Å². The Labute approximate surface area is 185 Å². The van der Waals surface area contributed by atoms with Gasteiger partial charge in [0.05, 0.1) is 41.1 Å². The zero-order valence-corrected chi connectivity index (χ0v) is 18.8. The highest BCUT2D eigenvalue weighted by Gasteiger charge is 2.37. The predicted octanol–water partition coefficient (Wildman–Crippen LogP) is 3.89. The Bertz CT molecular complexity index is 1260. The number of nitrogens with zero attached hydrogens (tertiary/aromatic N) is 3. The number of hydrogen-bond acceptors (Lipinski definition) is 7. The van der Waals surface area contributed by atoms with Gasteiger partial charge in [-0.05, 0) is 38.3 Å². The minimum atomic E-state index is -0.356. The van der Waals surface area contributed by atoms with Gasteiger partial charge in [-0.15, -0.1) is 0 Å². The summed E-state index contributed by atoms with van der Waals surface area (Å²) >= 11 is 0. The van der Waals surface area contributed by atoms with Crippen LogP contribution in [0.15, 0.2) is 24.7 Å². The molecule has 1 aliphatic carbocycles. The van der Waals surface area contributed by atoms with Crippen LogP contribution in [0.2, 0.25) is 0 Å².